The molecule has 0 N–H and O–H groups in total. The third-order valence-electron chi connectivity index (χ3n) is 12.7. The van der Waals surface area contributed by atoms with E-state index in [0.29, 0.717) is 49.6 Å². The van der Waals surface area contributed by atoms with Gasteiger partial charge in [0.2, 0.25) is 0 Å². The van der Waals surface area contributed by atoms with E-state index in [9.17, 15) is 9.59 Å². The van der Waals surface area contributed by atoms with Crippen molar-refractivity contribution in [2.24, 2.45) is 0 Å². The molecule has 394 valence electrons. The maximum atomic E-state index is 12.9. The van der Waals surface area contributed by atoms with E-state index in [2.05, 4.69) is 75.1 Å². The molecule has 2 unspecified atom stereocenters. The Kier molecular flexibility index (Phi) is 54.8. The molecule has 0 spiro atoms. The number of nitrogens with zero attached hydrogens (tertiary/aromatic N) is 2. The van der Waals surface area contributed by atoms with Gasteiger partial charge in [-0.05, 0) is 62.8 Å². The average molecular weight is 1010 g/mol. The smallest absolute Gasteiger partial charge is 0.307 e. The lowest BCUT2D eigenvalue weighted by Crippen LogP contribution is -2.33. The molecule has 10 heteroatoms. The van der Waals surface area contributed by atoms with Gasteiger partial charge in [-0.1, -0.05) is 207 Å². The molecule has 0 aliphatic carbocycles. The fourth-order valence-electron chi connectivity index (χ4n) is 8.01. The lowest BCUT2D eigenvalue weighted by Gasteiger charge is -2.22. The minimum Gasteiger partial charge on any atom is -0.464 e. The Hall–Kier alpha value is 0.260. The molecule has 0 aromatic heterocycles. The molecule has 0 bridgehead atoms. The molecule has 0 aromatic carbocycles. The molecule has 6 nitrogen and oxygen atoms in total. The Morgan fingerprint density at radius 1 is 0.364 bits per heavy atom. The predicted molar refractivity (Wildman–Crippen MR) is 304 cm³/mol. The summed E-state index contributed by atoms with van der Waals surface area (Å²) in [6, 6.07) is 0. The molecule has 0 rings (SSSR count). The predicted octanol–water partition coefficient (Wildman–Crippen LogP) is 16.9. The van der Waals surface area contributed by atoms with Crippen LogP contribution < -0.4 is 0 Å². The lowest BCUT2D eigenvalue weighted by molar-refractivity contribution is -0.144. The van der Waals surface area contributed by atoms with Gasteiger partial charge in [-0.2, -0.15) is 47.0 Å². The summed E-state index contributed by atoms with van der Waals surface area (Å²) in [7, 11) is 4.16. The van der Waals surface area contributed by atoms with E-state index in [1.54, 1.807) is 0 Å². The summed E-state index contributed by atoms with van der Waals surface area (Å²) >= 11 is 8.17. The van der Waals surface area contributed by atoms with Crippen molar-refractivity contribution in [3.8, 4) is 0 Å². The molecule has 0 saturated carbocycles. The van der Waals surface area contributed by atoms with Crippen LogP contribution in [0, 0.1) is 0 Å². The Labute approximate surface area is 429 Å². The van der Waals surface area contributed by atoms with Crippen LogP contribution in [-0.4, -0.2) is 120 Å². The van der Waals surface area contributed by atoms with Crippen molar-refractivity contribution in [3.63, 3.8) is 0 Å². The standard InChI is InChI=1S/C56H112N2O4S4/c1-7-11-15-19-23-27-31-35-45-63-51-53(65-47-37-33-29-25-21-17-13-9-3)49-61-55(59)39-41-57(5)43-44-58(6)42-40-56(60)62-50-54(66-48-38-34-30-26-22-18-14-10-4)52-64-46-36-32-28-24-20-16-12-8-2/h53-54H,7-52H2,1-6H3. The molecule has 0 aliphatic heterocycles. The number of hydrogen-bond donors (Lipinski definition) is 0. The summed E-state index contributed by atoms with van der Waals surface area (Å²) in [6.07, 6.45) is 44.2. The van der Waals surface area contributed by atoms with Crippen LogP contribution in [0.5, 0.6) is 0 Å². The highest BCUT2D eigenvalue weighted by Gasteiger charge is 2.16. The van der Waals surface area contributed by atoms with Gasteiger partial charge in [-0.15, -0.1) is 0 Å². The molecule has 66 heavy (non-hydrogen) atoms. The molecule has 0 aromatic rings. The first-order chi connectivity index (χ1) is 32.4. The van der Waals surface area contributed by atoms with Crippen LogP contribution in [0.4, 0.5) is 0 Å². The minimum atomic E-state index is -0.0791. The number of rotatable bonds is 55. The zero-order valence-electron chi connectivity index (χ0n) is 44.8. The molecular weight excluding hydrogens is 893 g/mol. The molecule has 0 aliphatic rings. The van der Waals surface area contributed by atoms with Crippen molar-refractivity contribution in [2.45, 2.75) is 257 Å². The fourth-order valence-corrected chi connectivity index (χ4v) is 13.0. The van der Waals surface area contributed by atoms with Gasteiger partial charge in [0.05, 0.1) is 12.8 Å². The topological polar surface area (TPSA) is 59.1 Å². The zero-order valence-corrected chi connectivity index (χ0v) is 48.1. The molecule has 0 heterocycles. The maximum Gasteiger partial charge on any atom is 0.307 e. The number of unbranched alkanes of at least 4 members (excludes halogenated alkanes) is 28. The number of carbonyl (C=O) groups excluding carboxylic acids is 2. The van der Waals surface area contributed by atoms with Crippen LogP contribution in [-0.2, 0) is 19.1 Å². The summed E-state index contributed by atoms with van der Waals surface area (Å²) in [5.41, 5.74) is 0. The second kappa shape index (κ2) is 54.6. The summed E-state index contributed by atoms with van der Waals surface area (Å²) in [6.45, 7) is 13.3. The average Bonchev–Trinajstić information content (AvgIpc) is 3.32. The Bertz CT molecular complexity index is 921. The van der Waals surface area contributed by atoms with Crippen molar-refractivity contribution in [1.29, 1.82) is 0 Å². The summed E-state index contributed by atoms with van der Waals surface area (Å²) in [5, 5.41) is 0.756. The first kappa shape index (κ1) is 66.3. The van der Waals surface area contributed by atoms with Crippen LogP contribution in [0.25, 0.3) is 0 Å². The maximum absolute atomic E-state index is 12.9. The van der Waals surface area contributed by atoms with Crippen molar-refractivity contribution in [3.05, 3.63) is 0 Å². The van der Waals surface area contributed by atoms with E-state index < -0.39 is 0 Å². The molecule has 0 radical (unpaired) electrons. The van der Waals surface area contributed by atoms with Crippen LogP contribution in [0.15, 0.2) is 0 Å². The van der Waals surface area contributed by atoms with Gasteiger partial charge in [0.1, 0.15) is 13.2 Å². The number of hydrogen-bond acceptors (Lipinski definition) is 10. The number of likely N-dealkylation sites (N-methyl/N-ethyl adjacent to an activating group) is 2. The fraction of sp³-hybridized carbons (Fsp3) is 0.964. The first-order valence-electron chi connectivity index (χ1n) is 28.4. The van der Waals surface area contributed by atoms with Gasteiger partial charge in [-0.25, -0.2) is 0 Å². The van der Waals surface area contributed by atoms with Crippen LogP contribution in [0.2, 0.25) is 0 Å². The Morgan fingerprint density at radius 2 is 0.621 bits per heavy atom. The molecule has 0 amide bonds. The molecule has 0 saturated heterocycles. The Balaban J connectivity index is 4.54. The van der Waals surface area contributed by atoms with Crippen LogP contribution >= 0.6 is 47.0 Å². The van der Waals surface area contributed by atoms with Crippen molar-refractivity contribution >= 4 is 59.0 Å². The third-order valence-corrected chi connectivity index (χ3v) is 18.2. The first-order valence-corrected chi connectivity index (χ1v) is 32.8. The number of thioether (sulfide) groups is 4. The normalized spacial score (nSPS) is 12.7. The van der Waals surface area contributed by atoms with E-state index in [4.69, 9.17) is 9.47 Å². The van der Waals surface area contributed by atoms with E-state index in [1.165, 1.54) is 228 Å². The van der Waals surface area contributed by atoms with Crippen molar-refractivity contribution in [2.75, 3.05) is 88.0 Å². The van der Waals surface area contributed by atoms with Gasteiger partial charge < -0.3 is 19.3 Å². The number of carbonyl (C=O) groups is 2. The zero-order chi connectivity index (χ0) is 48.2. The van der Waals surface area contributed by atoms with Crippen LogP contribution in [0.3, 0.4) is 0 Å². The number of esters is 2. The lowest BCUT2D eigenvalue weighted by atomic mass is 10.1. The van der Waals surface area contributed by atoms with E-state index in [-0.39, 0.29) is 11.9 Å². The highest BCUT2D eigenvalue weighted by atomic mass is 32.2. The van der Waals surface area contributed by atoms with E-state index in [1.807, 2.05) is 23.5 Å². The second-order valence-electron chi connectivity index (χ2n) is 19.5. The highest BCUT2D eigenvalue weighted by molar-refractivity contribution is 8.03. The number of ether oxygens (including phenoxy) is 2. The molecule has 0 fully saturated rings. The quantitative estimate of drug-likeness (QED) is 0.0435. The van der Waals surface area contributed by atoms with Gasteiger partial charge in [-0.3, -0.25) is 9.59 Å². The largest absolute Gasteiger partial charge is 0.464 e. The van der Waals surface area contributed by atoms with Gasteiger partial charge in [0.25, 0.3) is 0 Å². The monoisotopic (exact) mass is 1000 g/mol. The summed E-state index contributed by atoms with van der Waals surface area (Å²) < 4.78 is 11.8. The Morgan fingerprint density at radius 3 is 0.909 bits per heavy atom. The van der Waals surface area contributed by atoms with E-state index in [0.717, 1.165) is 24.6 Å². The van der Waals surface area contributed by atoms with Crippen molar-refractivity contribution in [1.82, 2.24) is 9.80 Å². The summed E-state index contributed by atoms with van der Waals surface area (Å²) in [5.74, 6) is 6.76. The minimum absolute atomic E-state index is 0.0791. The second-order valence-corrected chi connectivity index (χ2v) is 24.6. The third kappa shape index (κ3) is 50.6. The highest BCUT2D eigenvalue weighted by Crippen LogP contribution is 2.23. The van der Waals surface area contributed by atoms with E-state index >= 15 is 0 Å². The van der Waals surface area contributed by atoms with Crippen molar-refractivity contribution < 1.29 is 19.1 Å². The molecular formula is C56H112N2O4S4. The molecule has 2 atom stereocenters. The van der Waals surface area contributed by atoms with Gasteiger partial charge >= 0.3 is 11.9 Å². The summed E-state index contributed by atoms with van der Waals surface area (Å²) in [4.78, 5) is 30.2. The van der Waals surface area contributed by atoms with Crippen LogP contribution in [0.1, 0.15) is 246 Å². The van der Waals surface area contributed by atoms with Gasteiger partial charge in [0.15, 0.2) is 0 Å². The van der Waals surface area contributed by atoms with Gasteiger partial charge in [0, 0.05) is 48.2 Å². The SMILES string of the molecule is CCCCCCCCCCSCC(COC(=O)CCN(C)CCN(C)CCC(=O)OCC(CSCCCCCCCCCC)SCCCCCCCCCC)SCCCCCCCCCC.